The van der Waals surface area contributed by atoms with Crippen molar-refractivity contribution in [1.82, 2.24) is 0 Å². The number of rotatable bonds is 8. The summed E-state index contributed by atoms with van der Waals surface area (Å²) in [5.74, 6) is 1.61. The van der Waals surface area contributed by atoms with Crippen LogP contribution in [0.3, 0.4) is 0 Å². The maximum absolute atomic E-state index is 9.05. The summed E-state index contributed by atoms with van der Waals surface area (Å²) >= 11 is 0. The Morgan fingerprint density at radius 2 is 0.875 bits per heavy atom. The zero-order chi connectivity index (χ0) is 22.5. The molecule has 0 unspecified atom stereocenters. The number of hydrogen-bond acceptors (Lipinski definition) is 4. The van der Waals surface area contributed by atoms with Gasteiger partial charge in [0.1, 0.15) is 24.7 Å². The predicted octanol–water partition coefficient (Wildman–Crippen LogP) is 6.02. The number of benzene rings is 2. The van der Waals surface area contributed by atoms with Crippen LogP contribution in [0.25, 0.3) is 0 Å². The average Bonchev–Trinajstić information content (AvgIpc) is 2.83. The summed E-state index contributed by atoms with van der Waals surface area (Å²) in [6.45, 7) is 0.687. The molecule has 0 bridgehead atoms. The zero-order valence-electron chi connectivity index (χ0n) is 19.4. The van der Waals surface area contributed by atoms with E-state index in [4.69, 9.17) is 19.7 Å². The summed E-state index contributed by atoms with van der Waals surface area (Å²) in [4.78, 5) is 0. The maximum Gasteiger partial charge on any atom is 0.119 e. The van der Waals surface area contributed by atoms with Gasteiger partial charge in [0.25, 0.3) is 0 Å². The van der Waals surface area contributed by atoms with Gasteiger partial charge in [-0.25, -0.2) is 0 Å². The summed E-state index contributed by atoms with van der Waals surface area (Å²) in [7, 11) is 0. The van der Waals surface area contributed by atoms with Gasteiger partial charge in [0.2, 0.25) is 0 Å². The summed E-state index contributed by atoms with van der Waals surface area (Å²) in [5, 5.41) is 18.1. The maximum atomic E-state index is 9.05. The first kappa shape index (κ1) is 24.6. The Kier molecular flexibility index (Phi) is 10.4. The van der Waals surface area contributed by atoms with Gasteiger partial charge >= 0.3 is 0 Å². The largest absolute Gasteiger partial charge is 0.491 e. The zero-order valence-corrected chi connectivity index (χ0v) is 19.4. The van der Waals surface area contributed by atoms with Gasteiger partial charge in [-0.15, -0.1) is 0 Å². The van der Waals surface area contributed by atoms with Gasteiger partial charge in [-0.1, -0.05) is 82.1 Å². The van der Waals surface area contributed by atoms with Crippen LogP contribution in [-0.2, 0) is 5.41 Å². The van der Waals surface area contributed by atoms with Crippen LogP contribution in [-0.4, -0.2) is 36.6 Å². The van der Waals surface area contributed by atoms with E-state index >= 15 is 0 Å². The highest BCUT2D eigenvalue weighted by molar-refractivity contribution is 5.43. The van der Waals surface area contributed by atoms with E-state index in [2.05, 4.69) is 24.3 Å². The monoisotopic (exact) mass is 440 g/mol. The van der Waals surface area contributed by atoms with Gasteiger partial charge in [-0.2, -0.15) is 0 Å². The van der Waals surface area contributed by atoms with E-state index < -0.39 is 0 Å². The molecule has 2 aromatic rings. The molecule has 0 radical (unpaired) electrons. The SMILES string of the molecule is OCCOc1ccc(C2(c3ccc(OCCO)cc3)CCCCCCCCCCC2)cc1. The number of aliphatic hydroxyl groups excluding tert-OH is 2. The van der Waals surface area contributed by atoms with Crippen molar-refractivity contribution in [3.05, 3.63) is 59.7 Å². The molecule has 32 heavy (non-hydrogen) atoms. The molecule has 0 aromatic heterocycles. The fourth-order valence-electron chi connectivity index (χ4n) is 5.03. The summed E-state index contributed by atoms with van der Waals surface area (Å²) < 4.78 is 11.2. The minimum absolute atomic E-state index is 0.0236. The summed E-state index contributed by atoms with van der Waals surface area (Å²) in [6, 6.07) is 17.0. The van der Waals surface area contributed by atoms with Crippen molar-refractivity contribution in [2.75, 3.05) is 26.4 Å². The highest BCUT2D eigenvalue weighted by Crippen LogP contribution is 2.43. The molecule has 0 saturated heterocycles. The average molecular weight is 441 g/mol. The molecule has 4 heteroatoms. The van der Waals surface area contributed by atoms with Gasteiger partial charge in [0, 0.05) is 5.41 Å². The number of aliphatic hydroxyl groups is 2. The van der Waals surface area contributed by atoms with Crippen LogP contribution in [0.2, 0.25) is 0 Å². The third kappa shape index (κ3) is 6.98. The lowest BCUT2D eigenvalue weighted by atomic mass is 9.67. The lowest BCUT2D eigenvalue weighted by Crippen LogP contribution is -2.28. The van der Waals surface area contributed by atoms with Gasteiger partial charge in [0.05, 0.1) is 13.2 Å². The second kappa shape index (κ2) is 13.5. The van der Waals surface area contributed by atoms with Crippen LogP contribution in [0.1, 0.15) is 81.8 Å². The van der Waals surface area contributed by atoms with Gasteiger partial charge in [0.15, 0.2) is 0 Å². The van der Waals surface area contributed by atoms with Gasteiger partial charge in [-0.3, -0.25) is 0 Å². The topological polar surface area (TPSA) is 58.9 Å². The van der Waals surface area contributed by atoms with E-state index in [-0.39, 0.29) is 18.6 Å². The Balaban J connectivity index is 1.92. The van der Waals surface area contributed by atoms with Crippen molar-refractivity contribution in [1.29, 1.82) is 0 Å². The van der Waals surface area contributed by atoms with E-state index in [1.54, 1.807) is 0 Å². The Labute approximate surface area is 193 Å². The molecule has 0 spiro atoms. The Bertz CT molecular complexity index is 689. The highest BCUT2D eigenvalue weighted by Gasteiger charge is 2.33. The van der Waals surface area contributed by atoms with E-state index in [1.165, 1.54) is 68.9 Å². The fourth-order valence-corrected chi connectivity index (χ4v) is 5.03. The molecule has 0 atom stereocenters. The predicted molar refractivity (Wildman–Crippen MR) is 130 cm³/mol. The molecule has 1 aliphatic rings. The van der Waals surface area contributed by atoms with E-state index in [9.17, 15) is 0 Å². The Morgan fingerprint density at radius 1 is 0.531 bits per heavy atom. The Hall–Kier alpha value is -2.04. The first-order chi connectivity index (χ1) is 15.8. The summed E-state index contributed by atoms with van der Waals surface area (Å²) in [6.07, 6.45) is 14.1. The molecule has 1 saturated carbocycles. The second-order valence-electron chi connectivity index (χ2n) is 8.96. The Morgan fingerprint density at radius 3 is 1.22 bits per heavy atom. The van der Waals surface area contributed by atoms with Crippen molar-refractivity contribution in [2.24, 2.45) is 0 Å². The quantitative estimate of drug-likeness (QED) is 0.527. The molecule has 0 heterocycles. The molecule has 3 rings (SSSR count). The minimum Gasteiger partial charge on any atom is -0.491 e. The van der Waals surface area contributed by atoms with Crippen LogP contribution in [0.5, 0.6) is 11.5 Å². The lowest BCUT2D eigenvalue weighted by molar-refractivity contribution is 0.201. The third-order valence-electron chi connectivity index (χ3n) is 6.74. The van der Waals surface area contributed by atoms with Gasteiger partial charge < -0.3 is 19.7 Å². The molecule has 2 aromatic carbocycles. The van der Waals surface area contributed by atoms with Crippen LogP contribution in [0, 0.1) is 0 Å². The molecule has 1 fully saturated rings. The van der Waals surface area contributed by atoms with Crippen molar-refractivity contribution < 1.29 is 19.7 Å². The molecule has 176 valence electrons. The highest BCUT2D eigenvalue weighted by atomic mass is 16.5. The van der Waals surface area contributed by atoms with Gasteiger partial charge in [-0.05, 0) is 48.2 Å². The number of hydrogen-bond donors (Lipinski definition) is 2. The molecule has 2 N–H and O–H groups in total. The lowest BCUT2D eigenvalue weighted by Gasteiger charge is -2.36. The van der Waals surface area contributed by atoms with Crippen molar-refractivity contribution in [3.63, 3.8) is 0 Å². The first-order valence-corrected chi connectivity index (χ1v) is 12.5. The molecule has 0 aliphatic heterocycles. The summed E-state index contributed by atoms with van der Waals surface area (Å²) in [5.41, 5.74) is 2.66. The smallest absolute Gasteiger partial charge is 0.119 e. The van der Waals surface area contributed by atoms with Crippen LogP contribution in [0.4, 0.5) is 0 Å². The van der Waals surface area contributed by atoms with Crippen LogP contribution < -0.4 is 9.47 Å². The molecular weight excluding hydrogens is 400 g/mol. The molecular formula is C28H40O4. The fraction of sp³-hybridized carbons (Fsp3) is 0.571. The second-order valence-corrected chi connectivity index (χ2v) is 8.96. The van der Waals surface area contributed by atoms with E-state index in [0.717, 1.165) is 24.3 Å². The molecule has 4 nitrogen and oxygen atoms in total. The number of ether oxygens (including phenoxy) is 2. The van der Waals surface area contributed by atoms with Crippen molar-refractivity contribution in [2.45, 2.75) is 76.0 Å². The van der Waals surface area contributed by atoms with Crippen LogP contribution >= 0.6 is 0 Å². The standard InChI is InChI=1S/C28H40O4/c29-20-22-31-26-14-10-24(11-15-26)28(25-12-16-27(17-13-25)32-23-21-30)18-8-6-4-2-1-3-5-7-9-19-28/h10-17,29-30H,1-9,18-23H2. The normalized spacial score (nSPS) is 17.7. The minimum atomic E-state index is -0.0236. The van der Waals surface area contributed by atoms with Crippen LogP contribution in [0.15, 0.2) is 48.5 Å². The molecule has 0 amide bonds. The first-order valence-electron chi connectivity index (χ1n) is 12.5. The van der Waals surface area contributed by atoms with E-state index in [1.807, 2.05) is 24.3 Å². The molecule has 1 aliphatic carbocycles. The van der Waals surface area contributed by atoms with Crippen molar-refractivity contribution >= 4 is 0 Å². The third-order valence-corrected chi connectivity index (χ3v) is 6.74. The van der Waals surface area contributed by atoms with E-state index in [0.29, 0.717) is 13.2 Å². The van der Waals surface area contributed by atoms with Crippen molar-refractivity contribution in [3.8, 4) is 11.5 Å².